The van der Waals surface area contributed by atoms with E-state index >= 15 is 4.39 Å². The number of halogens is 1. The molecule has 10 nitrogen and oxygen atoms in total. The van der Waals surface area contributed by atoms with Crippen molar-refractivity contribution in [1.29, 1.82) is 5.26 Å². The molecule has 1 saturated heterocycles. The van der Waals surface area contributed by atoms with Crippen LogP contribution < -0.4 is 5.69 Å². The summed E-state index contributed by atoms with van der Waals surface area (Å²) in [6.07, 6.45) is 4.08. The van der Waals surface area contributed by atoms with Crippen LogP contribution >= 0.6 is 0 Å². The fraction of sp³-hybridized carbons (Fsp3) is 0.207. The first-order valence-electron chi connectivity index (χ1n) is 13.1. The van der Waals surface area contributed by atoms with Gasteiger partial charge in [-0.2, -0.15) is 10.4 Å². The number of H-pyrrole nitrogens is 2. The number of nitriles is 1. The standard InChI is InChI=1S/C29H24FN9O/c30-23-12-20(13-27-28(23)35-36-39(27)22-5-6-24-25(14-22)34-29(40)33-24)26-7-8-32-38(26)17-19-4-3-18(15-31)11-21(19)16-37-9-1-2-10-37/h3-8,11-14H,1-2,9-10,16-17H2,(H2,33,34,40). The second kappa shape index (κ2) is 9.59. The summed E-state index contributed by atoms with van der Waals surface area (Å²) in [5.74, 6) is -0.490. The lowest BCUT2D eigenvalue weighted by atomic mass is 10.0. The smallest absolute Gasteiger partial charge is 0.306 e. The van der Waals surface area contributed by atoms with Gasteiger partial charge in [-0.1, -0.05) is 11.3 Å². The third-order valence-corrected chi connectivity index (χ3v) is 7.51. The minimum Gasteiger partial charge on any atom is -0.306 e. The van der Waals surface area contributed by atoms with Gasteiger partial charge in [0.25, 0.3) is 0 Å². The van der Waals surface area contributed by atoms with Crippen molar-refractivity contribution in [3.05, 3.63) is 93.8 Å². The Morgan fingerprint density at radius 1 is 0.950 bits per heavy atom. The highest BCUT2D eigenvalue weighted by atomic mass is 19.1. The van der Waals surface area contributed by atoms with Crippen LogP contribution in [0.4, 0.5) is 4.39 Å². The van der Waals surface area contributed by atoms with Gasteiger partial charge in [0.2, 0.25) is 0 Å². The molecule has 0 unspecified atom stereocenters. The van der Waals surface area contributed by atoms with Crippen molar-refractivity contribution in [2.45, 2.75) is 25.9 Å². The molecule has 0 radical (unpaired) electrons. The van der Waals surface area contributed by atoms with Crippen molar-refractivity contribution in [3.63, 3.8) is 0 Å². The Morgan fingerprint density at radius 2 is 1.80 bits per heavy atom. The number of hydrogen-bond donors (Lipinski definition) is 2. The molecule has 1 aliphatic heterocycles. The molecule has 40 heavy (non-hydrogen) atoms. The number of nitrogens with zero attached hydrogens (tertiary/aromatic N) is 7. The number of benzene rings is 3. The zero-order chi connectivity index (χ0) is 27.2. The van der Waals surface area contributed by atoms with E-state index in [1.807, 2.05) is 35.0 Å². The maximum Gasteiger partial charge on any atom is 0.323 e. The summed E-state index contributed by atoms with van der Waals surface area (Å²) < 4.78 is 18.7. The molecule has 0 aliphatic carbocycles. The van der Waals surface area contributed by atoms with Crippen molar-refractivity contribution < 1.29 is 4.39 Å². The zero-order valence-corrected chi connectivity index (χ0v) is 21.4. The maximum atomic E-state index is 15.3. The van der Waals surface area contributed by atoms with E-state index in [0.29, 0.717) is 39.9 Å². The number of likely N-dealkylation sites (tertiary alicyclic amines) is 1. The molecule has 0 saturated carbocycles. The topological polar surface area (TPSA) is 124 Å². The van der Waals surface area contributed by atoms with Crippen molar-refractivity contribution in [2.24, 2.45) is 0 Å². The number of fused-ring (bicyclic) bond motifs is 2. The number of rotatable bonds is 6. The molecule has 1 fully saturated rings. The van der Waals surface area contributed by atoms with Gasteiger partial charge in [-0.25, -0.2) is 13.9 Å². The van der Waals surface area contributed by atoms with E-state index < -0.39 is 5.82 Å². The van der Waals surface area contributed by atoms with Crippen LogP contribution in [0.1, 0.15) is 29.5 Å². The lowest BCUT2D eigenvalue weighted by Crippen LogP contribution is -2.20. The molecule has 3 aromatic heterocycles. The van der Waals surface area contributed by atoms with E-state index in [0.717, 1.165) is 36.5 Å². The normalized spacial score (nSPS) is 13.9. The van der Waals surface area contributed by atoms with Gasteiger partial charge in [-0.3, -0.25) is 9.58 Å². The van der Waals surface area contributed by atoms with Gasteiger partial charge in [0.05, 0.1) is 46.1 Å². The molecule has 7 rings (SSSR count). The molecular formula is C29H24FN9O. The monoisotopic (exact) mass is 533 g/mol. The molecule has 3 aromatic carbocycles. The first kappa shape index (κ1) is 24.0. The fourth-order valence-corrected chi connectivity index (χ4v) is 5.52. The van der Waals surface area contributed by atoms with E-state index in [2.05, 4.69) is 36.3 Å². The van der Waals surface area contributed by atoms with Gasteiger partial charge in [0, 0.05) is 18.3 Å². The molecule has 6 aromatic rings. The largest absolute Gasteiger partial charge is 0.323 e. The second-order valence-corrected chi connectivity index (χ2v) is 10.1. The summed E-state index contributed by atoms with van der Waals surface area (Å²) in [5.41, 5.74) is 6.45. The molecule has 4 heterocycles. The van der Waals surface area contributed by atoms with Crippen molar-refractivity contribution in [2.75, 3.05) is 13.1 Å². The first-order valence-corrected chi connectivity index (χ1v) is 13.1. The van der Waals surface area contributed by atoms with Crippen LogP contribution in [0.5, 0.6) is 0 Å². The summed E-state index contributed by atoms with van der Waals surface area (Å²) in [4.78, 5) is 19.6. The maximum absolute atomic E-state index is 15.3. The SMILES string of the molecule is N#Cc1ccc(Cn2nccc2-c2cc(F)c3nnn(-c4ccc5[nH]c(=O)[nH]c5c4)c3c2)c(CN2CCCC2)c1. The highest BCUT2D eigenvalue weighted by molar-refractivity contribution is 5.84. The van der Waals surface area contributed by atoms with Crippen LogP contribution in [0.2, 0.25) is 0 Å². The Kier molecular flexibility index (Phi) is 5.75. The molecule has 0 bridgehead atoms. The lowest BCUT2D eigenvalue weighted by Gasteiger charge is -2.18. The van der Waals surface area contributed by atoms with Crippen molar-refractivity contribution >= 4 is 22.1 Å². The van der Waals surface area contributed by atoms with Gasteiger partial charge >= 0.3 is 5.69 Å². The predicted molar refractivity (Wildman–Crippen MR) is 147 cm³/mol. The Hall–Kier alpha value is -5.08. The number of imidazole rings is 1. The minimum absolute atomic E-state index is 0.150. The van der Waals surface area contributed by atoms with E-state index in [1.54, 1.807) is 29.1 Å². The van der Waals surface area contributed by atoms with Crippen LogP contribution in [0.3, 0.4) is 0 Å². The summed E-state index contributed by atoms with van der Waals surface area (Å²) in [5, 5.41) is 22.3. The predicted octanol–water partition coefficient (Wildman–Crippen LogP) is 4.11. The third-order valence-electron chi connectivity index (χ3n) is 7.51. The van der Waals surface area contributed by atoms with Crippen molar-refractivity contribution in [3.8, 4) is 23.0 Å². The number of nitrogens with one attached hydrogen (secondary N) is 2. The quantitative estimate of drug-likeness (QED) is 0.332. The molecule has 2 N–H and O–H groups in total. The Morgan fingerprint density at radius 3 is 2.65 bits per heavy atom. The summed E-state index contributed by atoms with van der Waals surface area (Å²) in [6.45, 7) is 3.37. The molecule has 11 heteroatoms. The van der Waals surface area contributed by atoms with Gasteiger partial charge in [0.15, 0.2) is 5.82 Å². The van der Waals surface area contributed by atoms with Crippen LogP contribution in [0.25, 0.3) is 39.0 Å². The average Bonchev–Trinajstić information content (AvgIpc) is 3.76. The summed E-state index contributed by atoms with van der Waals surface area (Å²) >= 11 is 0. The number of aromatic amines is 2. The Bertz CT molecular complexity index is 1980. The van der Waals surface area contributed by atoms with Gasteiger partial charge in [-0.05, 0) is 85.6 Å². The van der Waals surface area contributed by atoms with Crippen molar-refractivity contribution in [1.82, 2.24) is 39.6 Å². The molecule has 198 valence electrons. The van der Waals surface area contributed by atoms with E-state index in [1.165, 1.54) is 18.9 Å². The molecular weight excluding hydrogens is 509 g/mol. The molecule has 1 aliphatic rings. The van der Waals surface area contributed by atoms with Crippen LogP contribution in [0.15, 0.2) is 65.6 Å². The third kappa shape index (κ3) is 4.24. The van der Waals surface area contributed by atoms with Crippen LogP contribution in [0, 0.1) is 17.1 Å². The van der Waals surface area contributed by atoms with Crippen LogP contribution in [-0.4, -0.2) is 52.7 Å². The highest BCUT2D eigenvalue weighted by Gasteiger charge is 2.18. The molecule has 0 atom stereocenters. The van der Waals surface area contributed by atoms with E-state index in [9.17, 15) is 10.1 Å². The molecule has 0 spiro atoms. The number of aromatic nitrogens is 7. The summed E-state index contributed by atoms with van der Waals surface area (Å²) in [6, 6.07) is 18.5. The zero-order valence-electron chi connectivity index (χ0n) is 21.4. The highest BCUT2D eigenvalue weighted by Crippen LogP contribution is 2.29. The summed E-state index contributed by atoms with van der Waals surface area (Å²) in [7, 11) is 0. The minimum atomic E-state index is -0.490. The first-order chi connectivity index (χ1) is 19.6. The van der Waals surface area contributed by atoms with Gasteiger partial charge < -0.3 is 9.97 Å². The fourth-order valence-electron chi connectivity index (χ4n) is 5.52. The average molecular weight is 534 g/mol. The van der Waals surface area contributed by atoms with Gasteiger partial charge in [0.1, 0.15) is 5.52 Å². The van der Waals surface area contributed by atoms with Crippen LogP contribution in [-0.2, 0) is 13.1 Å². The molecule has 0 amide bonds. The van der Waals surface area contributed by atoms with E-state index in [-0.39, 0.29) is 11.2 Å². The van der Waals surface area contributed by atoms with Gasteiger partial charge in [-0.15, -0.1) is 5.10 Å². The Balaban J connectivity index is 1.27. The van der Waals surface area contributed by atoms with E-state index in [4.69, 9.17) is 0 Å². The number of hydrogen-bond acceptors (Lipinski definition) is 6. The second-order valence-electron chi connectivity index (χ2n) is 10.1. The lowest BCUT2D eigenvalue weighted by molar-refractivity contribution is 0.330. The Labute approximate surface area is 227 Å².